The second-order valence-corrected chi connectivity index (χ2v) is 5.66. The van der Waals surface area contributed by atoms with Gasteiger partial charge >= 0.3 is 0 Å². The zero-order valence-corrected chi connectivity index (χ0v) is 11.9. The molecule has 1 heteroatoms. The molecule has 1 aromatic carbocycles. The average Bonchev–Trinajstić information content (AvgIpc) is 2.34. The third kappa shape index (κ3) is 3.46. The Hall–Kier alpha value is -1.08. The summed E-state index contributed by atoms with van der Waals surface area (Å²) in [5.41, 5.74) is 5.69. The van der Waals surface area contributed by atoms with Gasteiger partial charge in [0.1, 0.15) is 0 Å². The van der Waals surface area contributed by atoms with Crippen LogP contribution in [0.2, 0.25) is 0 Å². The molecule has 1 aliphatic rings. The second kappa shape index (κ2) is 6.19. The van der Waals surface area contributed by atoms with Gasteiger partial charge in [0.15, 0.2) is 0 Å². The van der Waals surface area contributed by atoms with Crippen molar-refractivity contribution in [1.29, 1.82) is 0 Å². The predicted octanol–water partition coefficient (Wildman–Crippen LogP) is 4.06. The minimum atomic E-state index is 0.834. The maximum atomic E-state index is 3.64. The molecule has 0 amide bonds. The first-order chi connectivity index (χ1) is 8.66. The van der Waals surface area contributed by atoms with Crippen molar-refractivity contribution >= 4 is 0 Å². The summed E-state index contributed by atoms with van der Waals surface area (Å²) in [5, 5.41) is 3.64. The molecule has 0 spiro atoms. The van der Waals surface area contributed by atoms with Crippen molar-refractivity contribution in [3.8, 4) is 0 Å². The lowest BCUT2D eigenvalue weighted by molar-refractivity contribution is 0.440. The standard InChI is InChI=1S/C17H25N/c1-13-9-14(2)17(15(3)10-13)12-18-11-16-7-5-4-6-8-16/h4-5,9-10,16,18H,6-8,11-12H2,1-3H3. The Bertz CT molecular complexity index is 408. The number of benzene rings is 1. The fraction of sp³-hybridized carbons (Fsp3) is 0.529. The van der Waals surface area contributed by atoms with Gasteiger partial charge < -0.3 is 5.32 Å². The molecule has 0 fully saturated rings. The monoisotopic (exact) mass is 243 g/mol. The van der Waals surface area contributed by atoms with Crippen molar-refractivity contribution < 1.29 is 0 Å². The highest BCUT2D eigenvalue weighted by Gasteiger charge is 2.10. The molecule has 2 rings (SSSR count). The first-order valence-electron chi connectivity index (χ1n) is 7.09. The molecule has 1 aliphatic carbocycles. The largest absolute Gasteiger partial charge is 0.312 e. The third-order valence-corrected chi connectivity index (χ3v) is 3.95. The molecule has 0 bridgehead atoms. The number of aryl methyl sites for hydroxylation is 3. The van der Waals surface area contributed by atoms with Gasteiger partial charge in [-0.1, -0.05) is 29.8 Å². The Morgan fingerprint density at radius 1 is 1.11 bits per heavy atom. The molecule has 18 heavy (non-hydrogen) atoms. The number of hydrogen-bond donors (Lipinski definition) is 1. The fourth-order valence-corrected chi connectivity index (χ4v) is 2.93. The van der Waals surface area contributed by atoms with Crippen molar-refractivity contribution in [3.05, 3.63) is 46.5 Å². The molecule has 0 saturated heterocycles. The van der Waals surface area contributed by atoms with Crippen molar-refractivity contribution in [1.82, 2.24) is 5.32 Å². The van der Waals surface area contributed by atoms with Gasteiger partial charge in [-0.3, -0.25) is 0 Å². The van der Waals surface area contributed by atoms with E-state index >= 15 is 0 Å². The molecule has 0 saturated carbocycles. The lowest BCUT2D eigenvalue weighted by atomic mass is 9.94. The van der Waals surface area contributed by atoms with Gasteiger partial charge in [0.2, 0.25) is 0 Å². The van der Waals surface area contributed by atoms with E-state index in [9.17, 15) is 0 Å². The van der Waals surface area contributed by atoms with Crippen LogP contribution in [-0.2, 0) is 6.54 Å². The summed E-state index contributed by atoms with van der Waals surface area (Å²) in [6.45, 7) is 8.78. The Kier molecular flexibility index (Phi) is 4.60. The van der Waals surface area contributed by atoms with Crippen LogP contribution in [0, 0.1) is 26.7 Å². The predicted molar refractivity (Wildman–Crippen MR) is 78.8 cm³/mol. The van der Waals surface area contributed by atoms with Crippen molar-refractivity contribution in [2.75, 3.05) is 6.54 Å². The van der Waals surface area contributed by atoms with Crippen LogP contribution in [0.25, 0.3) is 0 Å². The zero-order chi connectivity index (χ0) is 13.0. The average molecular weight is 243 g/mol. The van der Waals surface area contributed by atoms with E-state index < -0.39 is 0 Å². The zero-order valence-electron chi connectivity index (χ0n) is 11.9. The Labute approximate surface area is 111 Å². The molecule has 1 aromatic rings. The molecule has 0 aromatic heterocycles. The molecule has 0 heterocycles. The van der Waals surface area contributed by atoms with E-state index in [1.54, 1.807) is 0 Å². The highest BCUT2D eigenvalue weighted by molar-refractivity contribution is 5.37. The molecule has 0 aliphatic heterocycles. The van der Waals surface area contributed by atoms with Gasteiger partial charge in [-0.15, -0.1) is 0 Å². The maximum Gasteiger partial charge on any atom is 0.0210 e. The van der Waals surface area contributed by atoms with Gasteiger partial charge in [0.25, 0.3) is 0 Å². The lowest BCUT2D eigenvalue weighted by Crippen LogP contribution is -2.23. The molecule has 1 N–H and O–H groups in total. The number of rotatable bonds is 4. The van der Waals surface area contributed by atoms with E-state index in [4.69, 9.17) is 0 Å². The molecular weight excluding hydrogens is 218 g/mol. The van der Waals surface area contributed by atoms with Crippen LogP contribution >= 0.6 is 0 Å². The summed E-state index contributed by atoms with van der Waals surface area (Å²) < 4.78 is 0. The normalized spacial score (nSPS) is 19.2. The minimum Gasteiger partial charge on any atom is -0.312 e. The van der Waals surface area contributed by atoms with Crippen molar-refractivity contribution in [2.45, 2.75) is 46.6 Å². The van der Waals surface area contributed by atoms with Gasteiger partial charge in [-0.25, -0.2) is 0 Å². The first-order valence-corrected chi connectivity index (χ1v) is 7.09. The minimum absolute atomic E-state index is 0.834. The van der Waals surface area contributed by atoms with E-state index in [2.05, 4.69) is 50.4 Å². The summed E-state index contributed by atoms with van der Waals surface area (Å²) in [7, 11) is 0. The fourth-order valence-electron chi connectivity index (χ4n) is 2.93. The first kappa shape index (κ1) is 13.4. The molecular formula is C17H25N. The van der Waals surface area contributed by atoms with E-state index in [1.807, 2.05) is 0 Å². The highest BCUT2D eigenvalue weighted by atomic mass is 14.9. The SMILES string of the molecule is Cc1cc(C)c(CNCC2CC=CCC2)c(C)c1. The van der Waals surface area contributed by atoms with Crippen LogP contribution in [0.1, 0.15) is 41.5 Å². The summed E-state index contributed by atoms with van der Waals surface area (Å²) in [6.07, 6.45) is 8.49. The van der Waals surface area contributed by atoms with Crippen molar-refractivity contribution in [2.24, 2.45) is 5.92 Å². The van der Waals surface area contributed by atoms with Gasteiger partial charge in [0, 0.05) is 6.54 Å². The van der Waals surface area contributed by atoms with Gasteiger partial charge in [-0.05, 0) is 69.2 Å². The Balaban J connectivity index is 1.88. The Morgan fingerprint density at radius 2 is 1.83 bits per heavy atom. The summed E-state index contributed by atoms with van der Waals surface area (Å²) in [5.74, 6) is 0.834. The quantitative estimate of drug-likeness (QED) is 0.786. The van der Waals surface area contributed by atoms with Crippen LogP contribution in [0.3, 0.4) is 0 Å². The third-order valence-electron chi connectivity index (χ3n) is 3.95. The highest BCUT2D eigenvalue weighted by Crippen LogP contribution is 2.19. The summed E-state index contributed by atoms with van der Waals surface area (Å²) >= 11 is 0. The summed E-state index contributed by atoms with van der Waals surface area (Å²) in [6, 6.07) is 4.57. The second-order valence-electron chi connectivity index (χ2n) is 5.66. The number of allylic oxidation sites excluding steroid dienone is 2. The molecule has 1 unspecified atom stereocenters. The lowest BCUT2D eigenvalue weighted by Gasteiger charge is -2.19. The van der Waals surface area contributed by atoms with E-state index in [0.717, 1.165) is 19.0 Å². The van der Waals surface area contributed by atoms with Crippen LogP contribution in [0.4, 0.5) is 0 Å². The van der Waals surface area contributed by atoms with Crippen LogP contribution in [-0.4, -0.2) is 6.54 Å². The van der Waals surface area contributed by atoms with Gasteiger partial charge in [0.05, 0.1) is 0 Å². The molecule has 1 atom stereocenters. The molecule has 98 valence electrons. The van der Waals surface area contributed by atoms with Crippen LogP contribution in [0.15, 0.2) is 24.3 Å². The smallest absolute Gasteiger partial charge is 0.0210 e. The van der Waals surface area contributed by atoms with E-state index in [-0.39, 0.29) is 0 Å². The number of hydrogen-bond acceptors (Lipinski definition) is 1. The van der Waals surface area contributed by atoms with Crippen molar-refractivity contribution in [3.63, 3.8) is 0 Å². The van der Waals surface area contributed by atoms with E-state index in [0.29, 0.717) is 0 Å². The van der Waals surface area contributed by atoms with Crippen LogP contribution in [0.5, 0.6) is 0 Å². The van der Waals surface area contributed by atoms with Gasteiger partial charge in [-0.2, -0.15) is 0 Å². The Morgan fingerprint density at radius 3 is 2.44 bits per heavy atom. The number of nitrogens with one attached hydrogen (secondary N) is 1. The topological polar surface area (TPSA) is 12.0 Å². The molecule has 1 nitrogen and oxygen atoms in total. The van der Waals surface area contributed by atoms with E-state index in [1.165, 1.54) is 41.5 Å². The van der Waals surface area contributed by atoms with Crippen LogP contribution < -0.4 is 5.32 Å². The maximum absolute atomic E-state index is 3.64. The molecule has 0 radical (unpaired) electrons. The summed E-state index contributed by atoms with van der Waals surface area (Å²) in [4.78, 5) is 0.